The Morgan fingerprint density at radius 3 is 2.60 bits per heavy atom. The van der Waals surface area contributed by atoms with E-state index in [2.05, 4.69) is 15.6 Å². The van der Waals surface area contributed by atoms with Crippen LogP contribution >= 0.6 is 11.3 Å². The molecule has 2 heterocycles. The second kappa shape index (κ2) is 8.96. The Morgan fingerprint density at radius 1 is 1.13 bits per heavy atom. The number of ether oxygens (including phenoxy) is 2. The Morgan fingerprint density at radius 2 is 1.87 bits per heavy atom. The first-order chi connectivity index (χ1) is 14.6. The van der Waals surface area contributed by atoms with Gasteiger partial charge in [-0.05, 0) is 24.6 Å². The largest absolute Gasteiger partial charge is 0.485 e. The van der Waals surface area contributed by atoms with Crippen molar-refractivity contribution in [2.75, 3.05) is 11.9 Å². The molecule has 1 aromatic heterocycles. The highest BCUT2D eigenvalue weighted by molar-refractivity contribution is 7.15. The molecule has 0 fully saturated rings. The number of amides is 2. The SMILES string of the molecule is Cc1cnc(NC(=O)[C@@H](Cc2ccccc2)NC(=O)C2COc3ccccc3O2)s1. The van der Waals surface area contributed by atoms with Crippen LogP contribution in [-0.4, -0.2) is 35.6 Å². The minimum atomic E-state index is -0.840. The van der Waals surface area contributed by atoms with Gasteiger partial charge >= 0.3 is 0 Å². The number of carbonyl (C=O) groups is 2. The Bertz CT molecular complexity index is 1040. The van der Waals surface area contributed by atoms with Crippen molar-refractivity contribution >= 4 is 28.3 Å². The van der Waals surface area contributed by atoms with Gasteiger partial charge in [0, 0.05) is 17.5 Å². The van der Waals surface area contributed by atoms with Gasteiger partial charge in [-0.1, -0.05) is 42.5 Å². The quantitative estimate of drug-likeness (QED) is 0.636. The molecule has 0 spiro atoms. The Kier molecular flexibility index (Phi) is 5.94. The van der Waals surface area contributed by atoms with Crippen LogP contribution in [0.4, 0.5) is 5.13 Å². The molecule has 0 aliphatic carbocycles. The number of fused-ring (bicyclic) bond motifs is 1. The minimum Gasteiger partial charge on any atom is -0.485 e. The smallest absolute Gasteiger partial charge is 0.265 e. The molecular weight excluding hydrogens is 402 g/mol. The second-order valence-electron chi connectivity index (χ2n) is 6.88. The molecule has 2 N–H and O–H groups in total. The van der Waals surface area contributed by atoms with Crippen molar-refractivity contribution in [2.24, 2.45) is 0 Å². The van der Waals surface area contributed by atoms with E-state index < -0.39 is 18.1 Å². The van der Waals surface area contributed by atoms with Gasteiger partial charge in [-0.2, -0.15) is 0 Å². The molecule has 4 rings (SSSR count). The molecule has 2 atom stereocenters. The van der Waals surface area contributed by atoms with E-state index in [1.807, 2.05) is 49.4 Å². The number of rotatable bonds is 6. The van der Waals surface area contributed by atoms with E-state index in [-0.39, 0.29) is 12.5 Å². The Balaban J connectivity index is 1.47. The summed E-state index contributed by atoms with van der Waals surface area (Å²) in [7, 11) is 0. The summed E-state index contributed by atoms with van der Waals surface area (Å²) in [6.07, 6.45) is 1.19. The van der Waals surface area contributed by atoms with Gasteiger partial charge in [0.15, 0.2) is 16.6 Å². The lowest BCUT2D eigenvalue weighted by atomic mass is 10.0. The normalized spacial score (nSPS) is 15.8. The van der Waals surface area contributed by atoms with E-state index in [0.29, 0.717) is 23.1 Å². The van der Waals surface area contributed by atoms with Gasteiger partial charge in [-0.15, -0.1) is 11.3 Å². The fourth-order valence-electron chi connectivity index (χ4n) is 3.08. The van der Waals surface area contributed by atoms with Crippen molar-refractivity contribution in [3.8, 4) is 11.5 Å². The fourth-order valence-corrected chi connectivity index (χ4v) is 3.74. The first kappa shape index (κ1) is 19.9. The van der Waals surface area contributed by atoms with Crippen LogP contribution in [0.15, 0.2) is 60.8 Å². The van der Waals surface area contributed by atoms with E-state index in [1.54, 1.807) is 18.3 Å². The maximum absolute atomic E-state index is 12.9. The highest BCUT2D eigenvalue weighted by Crippen LogP contribution is 2.30. The van der Waals surface area contributed by atoms with Crippen LogP contribution in [0, 0.1) is 6.92 Å². The topological polar surface area (TPSA) is 89.6 Å². The van der Waals surface area contributed by atoms with Crippen LogP contribution in [0.3, 0.4) is 0 Å². The van der Waals surface area contributed by atoms with Gasteiger partial charge in [-0.3, -0.25) is 9.59 Å². The molecule has 3 aromatic rings. The molecular formula is C22H21N3O4S. The predicted octanol–water partition coefficient (Wildman–Crippen LogP) is 2.96. The van der Waals surface area contributed by atoms with Crippen molar-refractivity contribution in [1.82, 2.24) is 10.3 Å². The van der Waals surface area contributed by atoms with Crippen LogP contribution in [0.25, 0.3) is 0 Å². The zero-order valence-electron chi connectivity index (χ0n) is 16.3. The maximum atomic E-state index is 12.9. The second-order valence-corrected chi connectivity index (χ2v) is 8.12. The lowest BCUT2D eigenvalue weighted by molar-refractivity contribution is -0.133. The van der Waals surface area contributed by atoms with Gasteiger partial charge in [0.2, 0.25) is 12.0 Å². The van der Waals surface area contributed by atoms with Crippen molar-refractivity contribution in [3.05, 3.63) is 71.2 Å². The van der Waals surface area contributed by atoms with E-state index in [4.69, 9.17) is 9.47 Å². The summed E-state index contributed by atoms with van der Waals surface area (Å²) >= 11 is 1.38. The third-order valence-corrected chi connectivity index (χ3v) is 5.40. The zero-order valence-corrected chi connectivity index (χ0v) is 17.1. The van der Waals surface area contributed by atoms with Gasteiger partial charge < -0.3 is 20.1 Å². The first-order valence-electron chi connectivity index (χ1n) is 9.54. The van der Waals surface area contributed by atoms with Gasteiger partial charge in [0.25, 0.3) is 5.91 Å². The number of aromatic nitrogens is 1. The maximum Gasteiger partial charge on any atom is 0.265 e. The minimum absolute atomic E-state index is 0.0776. The molecule has 0 saturated heterocycles. The molecule has 0 radical (unpaired) electrons. The number of anilines is 1. The standard InChI is InChI=1S/C22H21N3O4S/c1-14-12-23-22(30-14)25-20(26)16(11-15-7-3-2-4-8-15)24-21(27)19-13-28-17-9-5-6-10-18(17)29-19/h2-10,12,16,19H,11,13H2,1H3,(H,24,27)(H,23,25,26)/t16-,19?/m1/s1. The van der Waals surface area contributed by atoms with Crippen molar-refractivity contribution < 1.29 is 19.1 Å². The third-order valence-electron chi connectivity index (χ3n) is 4.57. The summed E-state index contributed by atoms with van der Waals surface area (Å²) in [6, 6.07) is 15.9. The van der Waals surface area contributed by atoms with Crippen LogP contribution in [0.5, 0.6) is 11.5 Å². The molecule has 2 amide bonds. The van der Waals surface area contributed by atoms with Gasteiger partial charge in [-0.25, -0.2) is 4.98 Å². The van der Waals surface area contributed by atoms with Crippen molar-refractivity contribution in [2.45, 2.75) is 25.5 Å². The molecule has 1 aliphatic rings. The molecule has 1 unspecified atom stereocenters. The molecule has 8 heteroatoms. The lowest BCUT2D eigenvalue weighted by Gasteiger charge is -2.27. The number of hydrogen-bond donors (Lipinski definition) is 2. The summed E-state index contributed by atoms with van der Waals surface area (Å²) in [6.45, 7) is 1.99. The fraction of sp³-hybridized carbons (Fsp3) is 0.227. The summed E-state index contributed by atoms with van der Waals surface area (Å²) in [5.41, 5.74) is 0.930. The molecule has 0 saturated carbocycles. The van der Waals surface area contributed by atoms with Crippen LogP contribution < -0.4 is 20.1 Å². The van der Waals surface area contributed by atoms with Gasteiger partial charge in [0.05, 0.1) is 0 Å². The number of benzene rings is 2. The first-order valence-corrected chi connectivity index (χ1v) is 10.4. The van der Waals surface area contributed by atoms with Crippen LogP contribution in [-0.2, 0) is 16.0 Å². The summed E-state index contributed by atoms with van der Waals surface area (Å²) < 4.78 is 11.4. The monoisotopic (exact) mass is 423 g/mol. The number of carbonyl (C=O) groups excluding carboxylic acids is 2. The average molecular weight is 423 g/mol. The molecule has 30 heavy (non-hydrogen) atoms. The van der Waals surface area contributed by atoms with E-state index in [0.717, 1.165) is 10.4 Å². The molecule has 154 valence electrons. The third kappa shape index (κ3) is 4.77. The highest BCUT2D eigenvalue weighted by Gasteiger charge is 2.31. The Labute approximate surface area is 178 Å². The number of nitrogens with zero attached hydrogens (tertiary/aromatic N) is 1. The van der Waals surface area contributed by atoms with Gasteiger partial charge in [0.1, 0.15) is 12.6 Å². The summed E-state index contributed by atoms with van der Waals surface area (Å²) in [4.78, 5) is 30.9. The highest BCUT2D eigenvalue weighted by atomic mass is 32.1. The number of thiazole rings is 1. The molecule has 1 aliphatic heterocycles. The van der Waals surface area contributed by atoms with E-state index in [9.17, 15) is 9.59 Å². The van der Waals surface area contributed by atoms with Crippen LogP contribution in [0.1, 0.15) is 10.4 Å². The number of para-hydroxylation sites is 2. The number of aryl methyl sites for hydroxylation is 1. The van der Waals surface area contributed by atoms with Crippen LogP contribution in [0.2, 0.25) is 0 Å². The van der Waals surface area contributed by atoms with E-state index >= 15 is 0 Å². The molecule has 7 nitrogen and oxygen atoms in total. The predicted molar refractivity (Wildman–Crippen MR) is 114 cm³/mol. The van der Waals surface area contributed by atoms with Crippen molar-refractivity contribution in [3.63, 3.8) is 0 Å². The summed E-state index contributed by atoms with van der Waals surface area (Å²) in [5.74, 6) is 0.361. The average Bonchev–Trinajstić information content (AvgIpc) is 3.18. The zero-order chi connectivity index (χ0) is 20.9. The molecule has 0 bridgehead atoms. The number of hydrogen-bond acceptors (Lipinski definition) is 6. The summed E-state index contributed by atoms with van der Waals surface area (Å²) in [5, 5.41) is 6.10. The lowest BCUT2D eigenvalue weighted by Crippen LogP contribution is -2.52. The number of nitrogens with one attached hydrogen (secondary N) is 2. The Hall–Kier alpha value is -3.39. The van der Waals surface area contributed by atoms with E-state index in [1.165, 1.54) is 11.3 Å². The van der Waals surface area contributed by atoms with Crippen molar-refractivity contribution in [1.29, 1.82) is 0 Å². The molecule has 2 aromatic carbocycles.